The van der Waals surface area contributed by atoms with Crippen molar-refractivity contribution in [3.63, 3.8) is 0 Å². The van der Waals surface area contributed by atoms with Gasteiger partial charge in [-0.1, -0.05) is 29.8 Å². The van der Waals surface area contributed by atoms with Crippen molar-refractivity contribution in [1.29, 1.82) is 0 Å². The maximum atomic E-state index is 13.5. The minimum absolute atomic E-state index is 0.0451. The summed E-state index contributed by atoms with van der Waals surface area (Å²) in [5.74, 6) is -0.476. The third-order valence-corrected chi connectivity index (χ3v) is 3.67. The highest BCUT2D eigenvalue weighted by Crippen LogP contribution is 2.20. The van der Waals surface area contributed by atoms with Crippen LogP contribution in [-0.2, 0) is 11.2 Å². The monoisotopic (exact) mass is 301 g/mol. The number of benzene rings is 1. The second kappa shape index (κ2) is 5.74. The number of halogens is 2. The number of ketones is 1. The Morgan fingerprint density at radius 3 is 2.53 bits per heavy atom. The number of nitrogens with two attached hydrogens (primary N) is 1. The predicted octanol–water partition coefficient (Wildman–Crippen LogP) is 3.22. The van der Waals surface area contributed by atoms with E-state index in [1.807, 2.05) is 13.8 Å². The van der Waals surface area contributed by atoms with Crippen molar-refractivity contribution in [3.05, 3.63) is 34.1 Å². The van der Waals surface area contributed by atoms with E-state index in [0.29, 0.717) is 18.4 Å². The van der Waals surface area contributed by atoms with Gasteiger partial charge in [0.05, 0.1) is 5.54 Å². The molecule has 17 heavy (non-hydrogen) atoms. The number of rotatable bonds is 5. The highest BCUT2D eigenvalue weighted by Gasteiger charge is 2.29. The SMILES string of the molecule is CCC(N)(CC)C(=O)Cc1cc(Br)ccc1F. The van der Waals surface area contributed by atoms with Crippen LogP contribution in [0.4, 0.5) is 4.39 Å². The van der Waals surface area contributed by atoms with E-state index in [0.717, 1.165) is 4.47 Å². The Hall–Kier alpha value is -0.740. The normalized spacial score (nSPS) is 11.6. The molecule has 0 spiro atoms. The van der Waals surface area contributed by atoms with Crippen molar-refractivity contribution >= 4 is 21.7 Å². The molecular weight excluding hydrogens is 285 g/mol. The van der Waals surface area contributed by atoms with Gasteiger partial charge in [0, 0.05) is 10.9 Å². The Bertz CT molecular complexity index is 416. The molecule has 0 aliphatic heterocycles. The van der Waals surface area contributed by atoms with Gasteiger partial charge in [-0.3, -0.25) is 4.79 Å². The number of Topliss-reactive ketones (excluding diaryl/α,β-unsaturated/α-hetero) is 1. The molecule has 0 heterocycles. The molecule has 0 aliphatic rings. The zero-order chi connectivity index (χ0) is 13.1. The third kappa shape index (κ3) is 3.36. The molecule has 1 rings (SSSR count). The van der Waals surface area contributed by atoms with Crippen LogP contribution < -0.4 is 5.73 Å². The second-order valence-electron chi connectivity index (χ2n) is 4.20. The number of carbonyl (C=O) groups excluding carboxylic acids is 1. The van der Waals surface area contributed by atoms with Gasteiger partial charge >= 0.3 is 0 Å². The van der Waals surface area contributed by atoms with Crippen molar-refractivity contribution in [2.75, 3.05) is 0 Å². The van der Waals surface area contributed by atoms with E-state index in [4.69, 9.17) is 5.73 Å². The van der Waals surface area contributed by atoms with Crippen molar-refractivity contribution < 1.29 is 9.18 Å². The van der Waals surface area contributed by atoms with Crippen LogP contribution in [0.3, 0.4) is 0 Å². The zero-order valence-electron chi connectivity index (χ0n) is 10.1. The summed E-state index contributed by atoms with van der Waals surface area (Å²) >= 11 is 3.26. The molecule has 0 saturated heterocycles. The van der Waals surface area contributed by atoms with Crippen LogP contribution in [0.2, 0.25) is 0 Å². The van der Waals surface area contributed by atoms with Crippen LogP contribution in [0, 0.1) is 5.82 Å². The molecule has 0 fully saturated rings. The lowest BCUT2D eigenvalue weighted by Gasteiger charge is -2.24. The van der Waals surface area contributed by atoms with Gasteiger partial charge in [-0.05, 0) is 36.6 Å². The highest BCUT2D eigenvalue weighted by atomic mass is 79.9. The van der Waals surface area contributed by atoms with Crippen molar-refractivity contribution in [1.82, 2.24) is 0 Å². The fraction of sp³-hybridized carbons (Fsp3) is 0.462. The van der Waals surface area contributed by atoms with E-state index >= 15 is 0 Å². The van der Waals surface area contributed by atoms with Crippen molar-refractivity contribution in [2.45, 2.75) is 38.6 Å². The van der Waals surface area contributed by atoms with Gasteiger partial charge < -0.3 is 5.73 Å². The summed E-state index contributed by atoms with van der Waals surface area (Å²) in [5.41, 5.74) is 5.54. The molecule has 0 aromatic heterocycles. The van der Waals surface area contributed by atoms with Crippen LogP contribution in [0.15, 0.2) is 22.7 Å². The lowest BCUT2D eigenvalue weighted by molar-refractivity contribution is -0.123. The largest absolute Gasteiger partial charge is 0.319 e. The van der Waals surface area contributed by atoms with Gasteiger partial charge in [-0.2, -0.15) is 0 Å². The molecule has 4 heteroatoms. The first-order chi connectivity index (χ1) is 7.92. The van der Waals surface area contributed by atoms with Gasteiger partial charge in [-0.25, -0.2) is 4.39 Å². The molecule has 0 atom stereocenters. The van der Waals surface area contributed by atoms with Crippen molar-refractivity contribution in [3.8, 4) is 0 Å². The summed E-state index contributed by atoms with van der Waals surface area (Å²) in [5, 5.41) is 0. The molecule has 2 N–H and O–H groups in total. The van der Waals surface area contributed by atoms with Gasteiger partial charge in [0.2, 0.25) is 0 Å². The standard InChI is InChI=1S/C13H17BrFNO/c1-3-13(16,4-2)12(17)8-9-7-10(14)5-6-11(9)15/h5-7H,3-4,8,16H2,1-2H3. The van der Waals surface area contributed by atoms with Gasteiger partial charge in [0.15, 0.2) is 5.78 Å². The smallest absolute Gasteiger partial charge is 0.157 e. The fourth-order valence-corrected chi connectivity index (χ4v) is 2.08. The molecule has 1 aromatic rings. The number of hydrogen-bond acceptors (Lipinski definition) is 2. The molecule has 0 saturated carbocycles. The van der Waals surface area contributed by atoms with Crippen LogP contribution >= 0.6 is 15.9 Å². The summed E-state index contributed by atoms with van der Waals surface area (Å²) in [6, 6.07) is 4.58. The lowest BCUT2D eigenvalue weighted by atomic mass is 9.86. The molecule has 94 valence electrons. The molecular formula is C13H17BrFNO. The first-order valence-corrected chi connectivity index (χ1v) is 6.48. The van der Waals surface area contributed by atoms with Crippen LogP contribution in [0.25, 0.3) is 0 Å². The van der Waals surface area contributed by atoms with Crippen LogP contribution in [0.1, 0.15) is 32.3 Å². The Morgan fingerprint density at radius 2 is 2.00 bits per heavy atom. The van der Waals surface area contributed by atoms with E-state index in [1.165, 1.54) is 6.07 Å². The molecule has 0 amide bonds. The molecule has 0 radical (unpaired) electrons. The van der Waals surface area contributed by atoms with E-state index in [-0.39, 0.29) is 18.0 Å². The van der Waals surface area contributed by atoms with Crippen LogP contribution in [-0.4, -0.2) is 11.3 Å². The fourth-order valence-electron chi connectivity index (χ4n) is 1.67. The number of carbonyl (C=O) groups is 1. The summed E-state index contributed by atoms with van der Waals surface area (Å²) in [7, 11) is 0. The first-order valence-electron chi connectivity index (χ1n) is 5.69. The summed E-state index contributed by atoms with van der Waals surface area (Å²) in [4.78, 5) is 12.1. The molecule has 0 aliphatic carbocycles. The van der Waals surface area contributed by atoms with E-state index < -0.39 is 5.54 Å². The quantitative estimate of drug-likeness (QED) is 0.907. The minimum Gasteiger partial charge on any atom is -0.319 e. The Labute approximate surface area is 110 Å². The molecule has 0 bridgehead atoms. The zero-order valence-corrected chi connectivity index (χ0v) is 11.7. The lowest BCUT2D eigenvalue weighted by Crippen LogP contribution is -2.47. The Morgan fingerprint density at radius 1 is 1.41 bits per heavy atom. The Balaban J connectivity index is 2.91. The molecule has 0 unspecified atom stereocenters. The average Bonchev–Trinajstić information content (AvgIpc) is 2.32. The van der Waals surface area contributed by atoms with E-state index in [2.05, 4.69) is 15.9 Å². The molecule has 2 nitrogen and oxygen atoms in total. The Kier molecular flexibility index (Phi) is 4.83. The van der Waals surface area contributed by atoms with Crippen LogP contribution in [0.5, 0.6) is 0 Å². The maximum Gasteiger partial charge on any atom is 0.157 e. The predicted molar refractivity (Wildman–Crippen MR) is 70.3 cm³/mol. The third-order valence-electron chi connectivity index (χ3n) is 3.18. The van der Waals surface area contributed by atoms with E-state index in [9.17, 15) is 9.18 Å². The van der Waals surface area contributed by atoms with Gasteiger partial charge in [0.1, 0.15) is 5.82 Å². The highest BCUT2D eigenvalue weighted by molar-refractivity contribution is 9.10. The van der Waals surface area contributed by atoms with Gasteiger partial charge in [-0.15, -0.1) is 0 Å². The summed E-state index contributed by atoms with van der Waals surface area (Å²) in [6.07, 6.45) is 1.18. The average molecular weight is 302 g/mol. The maximum absolute atomic E-state index is 13.5. The van der Waals surface area contributed by atoms with E-state index in [1.54, 1.807) is 12.1 Å². The minimum atomic E-state index is -0.839. The first kappa shape index (κ1) is 14.3. The van der Waals surface area contributed by atoms with Gasteiger partial charge in [0.25, 0.3) is 0 Å². The number of hydrogen-bond donors (Lipinski definition) is 1. The summed E-state index contributed by atoms with van der Waals surface area (Å²) < 4.78 is 14.3. The topological polar surface area (TPSA) is 43.1 Å². The second-order valence-corrected chi connectivity index (χ2v) is 5.11. The molecule has 1 aromatic carbocycles. The summed E-state index contributed by atoms with van der Waals surface area (Å²) in [6.45, 7) is 3.75. The van der Waals surface area contributed by atoms with Crippen molar-refractivity contribution in [2.24, 2.45) is 5.73 Å².